The molecule has 3 heteroatoms. The lowest BCUT2D eigenvalue weighted by Crippen LogP contribution is -2.40. The summed E-state index contributed by atoms with van der Waals surface area (Å²) >= 11 is 0. The van der Waals surface area contributed by atoms with Crippen LogP contribution < -0.4 is 4.90 Å². The molecule has 0 spiro atoms. The third-order valence-corrected chi connectivity index (χ3v) is 3.80. The molecule has 0 saturated carbocycles. The van der Waals surface area contributed by atoms with Crippen molar-refractivity contribution in [2.24, 2.45) is 0 Å². The molecule has 1 heterocycles. The Morgan fingerprint density at radius 1 is 1.37 bits per heavy atom. The first-order chi connectivity index (χ1) is 9.26. The molecule has 2 atom stereocenters. The molecule has 2 rings (SSSR count). The Morgan fingerprint density at radius 3 is 2.89 bits per heavy atom. The van der Waals surface area contributed by atoms with Crippen molar-refractivity contribution in [3.05, 3.63) is 29.8 Å². The molecule has 1 aliphatic heterocycles. The zero-order chi connectivity index (χ0) is 13.7. The smallest absolute Gasteiger partial charge is 0.0807 e. The van der Waals surface area contributed by atoms with Gasteiger partial charge in [0.05, 0.1) is 12.2 Å². The maximum Gasteiger partial charge on any atom is 0.0807 e. The highest BCUT2D eigenvalue weighted by atomic mass is 16.5. The van der Waals surface area contributed by atoms with Crippen molar-refractivity contribution in [1.82, 2.24) is 0 Å². The van der Waals surface area contributed by atoms with E-state index in [-0.39, 0.29) is 6.10 Å². The molecule has 3 nitrogen and oxygen atoms in total. The number of aliphatic hydroxyl groups is 1. The van der Waals surface area contributed by atoms with Gasteiger partial charge in [0.15, 0.2) is 0 Å². The van der Waals surface area contributed by atoms with Gasteiger partial charge in [-0.2, -0.15) is 0 Å². The number of nitrogens with zero attached hydrogens (tertiary/aromatic N) is 1. The van der Waals surface area contributed by atoms with Crippen LogP contribution in [0.3, 0.4) is 0 Å². The third kappa shape index (κ3) is 3.48. The molecule has 106 valence electrons. The van der Waals surface area contributed by atoms with E-state index in [2.05, 4.69) is 11.0 Å². The van der Waals surface area contributed by atoms with Crippen LogP contribution in [0.25, 0.3) is 0 Å². The first-order valence-electron chi connectivity index (χ1n) is 7.39. The molecule has 1 aromatic carbocycles. The summed E-state index contributed by atoms with van der Waals surface area (Å²) in [5, 5.41) is 10.2. The van der Waals surface area contributed by atoms with Crippen molar-refractivity contribution in [2.75, 3.05) is 24.6 Å². The van der Waals surface area contributed by atoms with Crippen LogP contribution in [0, 0.1) is 0 Å². The Kier molecular flexibility index (Phi) is 5.23. The van der Waals surface area contributed by atoms with Crippen molar-refractivity contribution in [1.29, 1.82) is 0 Å². The van der Waals surface area contributed by atoms with E-state index in [0.29, 0.717) is 6.10 Å². The molecule has 0 amide bonds. The lowest BCUT2D eigenvalue weighted by Gasteiger charge is -2.35. The maximum absolute atomic E-state index is 10.2. The number of hydrogen-bond acceptors (Lipinski definition) is 3. The third-order valence-electron chi connectivity index (χ3n) is 3.80. The zero-order valence-electron chi connectivity index (χ0n) is 12.0. The fourth-order valence-corrected chi connectivity index (χ4v) is 2.81. The molecule has 1 aromatic rings. The summed E-state index contributed by atoms with van der Waals surface area (Å²) in [5.74, 6) is 0. The van der Waals surface area contributed by atoms with Crippen LogP contribution >= 0.6 is 0 Å². The average Bonchev–Trinajstić information content (AvgIpc) is 2.47. The Hall–Kier alpha value is -1.06. The minimum atomic E-state index is -0.372. The topological polar surface area (TPSA) is 32.7 Å². The van der Waals surface area contributed by atoms with Crippen molar-refractivity contribution < 1.29 is 9.84 Å². The van der Waals surface area contributed by atoms with Crippen LogP contribution in [-0.2, 0) is 4.74 Å². The summed E-state index contributed by atoms with van der Waals surface area (Å²) in [6, 6.07) is 8.20. The van der Waals surface area contributed by atoms with Crippen molar-refractivity contribution in [2.45, 2.75) is 45.3 Å². The number of rotatable bonds is 5. The summed E-state index contributed by atoms with van der Waals surface area (Å²) in [7, 11) is 0. The number of para-hydroxylation sites is 1. The number of aliphatic hydroxyl groups excluding tert-OH is 1. The highest BCUT2D eigenvalue weighted by Crippen LogP contribution is 2.30. The fourth-order valence-electron chi connectivity index (χ4n) is 2.81. The van der Waals surface area contributed by atoms with Gasteiger partial charge in [-0.3, -0.25) is 0 Å². The van der Waals surface area contributed by atoms with Gasteiger partial charge in [0.25, 0.3) is 0 Å². The minimum absolute atomic E-state index is 0.325. The predicted octanol–water partition coefficient (Wildman–Crippen LogP) is 3.14. The quantitative estimate of drug-likeness (QED) is 0.886. The van der Waals surface area contributed by atoms with Crippen LogP contribution in [0.2, 0.25) is 0 Å². The fraction of sp³-hybridized carbons (Fsp3) is 0.625. The van der Waals surface area contributed by atoms with Crippen LogP contribution in [0.4, 0.5) is 5.69 Å². The second kappa shape index (κ2) is 6.92. The summed E-state index contributed by atoms with van der Waals surface area (Å²) in [5.41, 5.74) is 2.21. The van der Waals surface area contributed by atoms with Crippen LogP contribution in [0.1, 0.15) is 44.8 Å². The summed E-state index contributed by atoms with van der Waals surface area (Å²) < 4.78 is 5.76. The van der Waals surface area contributed by atoms with Crippen molar-refractivity contribution in [3.63, 3.8) is 0 Å². The molecule has 1 unspecified atom stereocenters. The second-order valence-corrected chi connectivity index (χ2v) is 5.15. The lowest BCUT2D eigenvalue weighted by molar-refractivity contribution is 0.0525. The average molecular weight is 263 g/mol. The highest BCUT2D eigenvalue weighted by Gasteiger charge is 2.23. The van der Waals surface area contributed by atoms with Gasteiger partial charge >= 0.3 is 0 Å². The van der Waals surface area contributed by atoms with E-state index < -0.39 is 0 Å². The number of hydrogen-bond donors (Lipinski definition) is 1. The molecule has 0 aliphatic carbocycles. The zero-order valence-corrected chi connectivity index (χ0v) is 12.0. The Morgan fingerprint density at radius 2 is 2.16 bits per heavy atom. The molecule has 1 saturated heterocycles. The monoisotopic (exact) mass is 263 g/mol. The van der Waals surface area contributed by atoms with Gasteiger partial charge in [-0.05, 0) is 32.3 Å². The van der Waals surface area contributed by atoms with Gasteiger partial charge in [-0.25, -0.2) is 0 Å². The van der Waals surface area contributed by atoms with E-state index >= 15 is 0 Å². The van der Waals surface area contributed by atoms with Gasteiger partial charge in [-0.15, -0.1) is 0 Å². The Balaban J connectivity index is 2.16. The second-order valence-electron chi connectivity index (χ2n) is 5.15. The molecule has 1 N–H and O–H groups in total. The summed E-state index contributed by atoms with van der Waals surface area (Å²) in [4.78, 5) is 2.36. The summed E-state index contributed by atoms with van der Waals surface area (Å²) in [6.45, 7) is 6.82. The summed E-state index contributed by atoms with van der Waals surface area (Å²) in [6.07, 6.45) is 3.00. The SMILES string of the molecule is CCOC1CCCN(c2ccccc2[C@@H](O)CC)C1. The van der Waals surface area contributed by atoms with Gasteiger partial charge < -0.3 is 14.7 Å². The van der Waals surface area contributed by atoms with E-state index in [0.717, 1.165) is 44.5 Å². The normalized spacial score (nSPS) is 21.4. The number of piperidine rings is 1. The van der Waals surface area contributed by atoms with Crippen molar-refractivity contribution in [3.8, 4) is 0 Å². The van der Waals surface area contributed by atoms with Crippen LogP contribution in [-0.4, -0.2) is 30.9 Å². The highest BCUT2D eigenvalue weighted by molar-refractivity contribution is 5.55. The van der Waals surface area contributed by atoms with Crippen LogP contribution in [0.15, 0.2) is 24.3 Å². The standard InChI is InChI=1S/C16H25NO2/c1-3-16(18)14-9-5-6-10-15(14)17-11-7-8-13(12-17)19-4-2/h5-6,9-10,13,16,18H,3-4,7-8,11-12H2,1-2H3/t13?,16-/m0/s1. The van der Waals surface area contributed by atoms with Gasteiger partial charge in [0.2, 0.25) is 0 Å². The van der Waals surface area contributed by atoms with Crippen molar-refractivity contribution >= 4 is 5.69 Å². The van der Waals surface area contributed by atoms with Gasteiger partial charge in [-0.1, -0.05) is 25.1 Å². The molecular formula is C16H25NO2. The van der Waals surface area contributed by atoms with E-state index in [1.165, 1.54) is 5.69 Å². The predicted molar refractivity (Wildman–Crippen MR) is 78.6 cm³/mol. The minimum Gasteiger partial charge on any atom is -0.388 e. The van der Waals surface area contributed by atoms with E-state index in [4.69, 9.17) is 4.74 Å². The maximum atomic E-state index is 10.2. The molecular weight excluding hydrogens is 238 g/mol. The lowest BCUT2D eigenvalue weighted by atomic mass is 10.0. The number of benzene rings is 1. The molecule has 1 fully saturated rings. The Labute approximate surface area is 116 Å². The number of ether oxygens (including phenoxy) is 1. The molecule has 0 aromatic heterocycles. The van der Waals surface area contributed by atoms with E-state index in [1.54, 1.807) is 0 Å². The number of anilines is 1. The first kappa shape index (κ1) is 14.4. The molecule has 0 radical (unpaired) electrons. The molecule has 0 bridgehead atoms. The van der Waals surface area contributed by atoms with Gasteiger partial charge in [0.1, 0.15) is 0 Å². The van der Waals surface area contributed by atoms with Crippen LogP contribution in [0.5, 0.6) is 0 Å². The van der Waals surface area contributed by atoms with Gasteiger partial charge in [0, 0.05) is 30.9 Å². The van der Waals surface area contributed by atoms with E-state index in [9.17, 15) is 5.11 Å². The first-order valence-corrected chi connectivity index (χ1v) is 7.39. The molecule has 1 aliphatic rings. The van der Waals surface area contributed by atoms with E-state index in [1.807, 2.05) is 32.0 Å². The largest absolute Gasteiger partial charge is 0.388 e. The molecule has 19 heavy (non-hydrogen) atoms. The Bertz CT molecular complexity index is 392.